The number of hydrogen-bond acceptors (Lipinski definition) is 8. The van der Waals surface area contributed by atoms with Gasteiger partial charge in [-0.25, -0.2) is 32.5 Å². The minimum absolute atomic E-state index is 0.00191. The Balaban J connectivity index is 0.924. The Bertz CT molecular complexity index is 1920. The van der Waals surface area contributed by atoms with Crippen molar-refractivity contribution >= 4 is 11.4 Å². The number of rotatable bonds is 12. The van der Waals surface area contributed by atoms with Gasteiger partial charge in [0.2, 0.25) is 0 Å². The summed E-state index contributed by atoms with van der Waals surface area (Å²) in [4.78, 5) is 21.7. The van der Waals surface area contributed by atoms with Crippen molar-refractivity contribution in [2.24, 2.45) is 5.92 Å². The van der Waals surface area contributed by atoms with Gasteiger partial charge in [0, 0.05) is 55.1 Å². The summed E-state index contributed by atoms with van der Waals surface area (Å²) in [6, 6.07) is 19.9. The van der Waals surface area contributed by atoms with Gasteiger partial charge in [0.05, 0.1) is 31.5 Å². The first-order valence-corrected chi connectivity index (χ1v) is 17.3. The monoisotopic (exact) mass is 684 g/mol. The second-order valence-electron chi connectivity index (χ2n) is 13.1. The third-order valence-corrected chi connectivity index (χ3v) is 9.96. The van der Waals surface area contributed by atoms with E-state index in [1.807, 2.05) is 24.3 Å². The van der Waals surface area contributed by atoms with Crippen LogP contribution in [0.1, 0.15) is 44.7 Å². The molecule has 0 spiro atoms. The van der Waals surface area contributed by atoms with Crippen LogP contribution in [0.5, 0.6) is 5.75 Å². The molecule has 2 aromatic heterocycles. The van der Waals surface area contributed by atoms with Gasteiger partial charge in [-0.15, -0.1) is 0 Å². The number of benzene rings is 3. The normalized spacial score (nSPS) is 19.4. The Hall–Kier alpha value is -5.04. The molecule has 0 aliphatic carbocycles. The molecule has 2 saturated heterocycles. The second kappa shape index (κ2) is 14.4. The average molecular weight is 685 g/mol. The lowest BCUT2D eigenvalue weighted by molar-refractivity contribution is -0.0206. The van der Waals surface area contributed by atoms with Crippen LogP contribution in [0.25, 0.3) is 5.69 Å². The highest BCUT2D eigenvalue weighted by Gasteiger charge is 2.44. The largest absolute Gasteiger partial charge is 0.493 e. The summed E-state index contributed by atoms with van der Waals surface area (Å²) in [5, 5.41) is 8.55. The SMILES string of the molecule is CCC(CC)n1ncn(-c2ccc(N3CCN(c4ccc(OCC5CO[C@@](Cn6cncn6)(c6ccc(F)cc6F)C5)cc4)CC3)cc2)c1=O. The molecule has 13 heteroatoms. The number of piperazine rings is 1. The first-order valence-electron chi connectivity index (χ1n) is 17.3. The van der Waals surface area contributed by atoms with Gasteiger partial charge in [0.15, 0.2) is 0 Å². The van der Waals surface area contributed by atoms with E-state index in [1.54, 1.807) is 26.6 Å². The second-order valence-corrected chi connectivity index (χ2v) is 13.1. The lowest BCUT2D eigenvalue weighted by atomic mass is 9.87. The van der Waals surface area contributed by atoms with E-state index in [0.717, 1.165) is 67.9 Å². The van der Waals surface area contributed by atoms with E-state index in [2.05, 4.69) is 63.1 Å². The maximum absolute atomic E-state index is 15.0. The molecule has 0 bridgehead atoms. The van der Waals surface area contributed by atoms with Gasteiger partial charge in [-0.2, -0.15) is 10.2 Å². The lowest BCUT2D eigenvalue weighted by Gasteiger charge is -2.37. The standard InChI is InChI=1S/C37H42F2N8O3/c1-3-29(4-2)47-36(48)46(26-42-47)32-8-6-30(7-9-32)43-15-17-44(18-16-43)31-10-12-33(13-11-31)49-21-27-20-37(50-22-27,23-45-25-40-24-41-45)34-14-5-28(38)19-35(34)39/h5-14,19,24-27,29H,3-4,15-18,20-23H2,1-2H3/t27?,37-/m0/s1. The molecule has 0 radical (unpaired) electrons. The minimum Gasteiger partial charge on any atom is -0.493 e. The van der Waals surface area contributed by atoms with Crippen molar-refractivity contribution in [3.05, 3.63) is 113 Å². The molecule has 2 aliphatic heterocycles. The molecular formula is C37H42F2N8O3. The summed E-state index contributed by atoms with van der Waals surface area (Å²) in [6.07, 6.45) is 6.81. The van der Waals surface area contributed by atoms with Crippen LogP contribution in [0.4, 0.5) is 20.2 Å². The fraction of sp³-hybridized carbons (Fsp3) is 0.405. The molecule has 4 heterocycles. The molecule has 2 atom stereocenters. The molecule has 0 saturated carbocycles. The first-order chi connectivity index (χ1) is 24.4. The van der Waals surface area contributed by atoms with Crippen LogP contribution in [0.2, 0.25) is 0 Å². The molecule has 11 nitrogen and oxygen atoms in total. The van der Waals surface area contributed by atoms with Gasteiger partial charge in [0.1, 0.15) is 42.0 Å². The van der Waals surface area contributed by atoms with E-state index in [4.69, 9.17) is 9.47 Å². The van der Waals surface area contributed by atoms with Gasteiger partial charge in [-0.3, -0.25) is 0 Å². The first kappa shape index (κ1) is 33.5. The van der Waals surface area contributed by atoms with Crippen molar-refractivity contribution in [1.29, 1.82) is 0 Å². The maximum atomic E-state index is 15.0. The Labute approximate surface area is 289 Å². The summed E-state index contributed by atoms with van der Waals surface area (Å²) in [6.45, 7) is 8.66. The van der Waals surface area contributed by atoms with Gasteiger partial charge >= 0.3 is 5.69 Å². The highest BCUT2D eigenvalue weighted by atomic mass is 19.1. The number of hydrogen-bond donors (Lipinski definition) is 0. The predicted molar refractivity (Wildman–Crippen MR) is 186 cm³/mol. The smallest absolute Gasteiger partial charge is 0.350 e. The van der Waals surface area contributed by atoms with E-state index in [9.17, 15) is 13.6 Å². The Morgan fingerprint density at radius 2 is 1.54 bits per heavy atom. The minimum atomic E-state index is -1.01. The van der Waals surface area contributed by atoms with Crippen LogP contribution < -0.4 is 20.2 Å². The molecule has 0 N–H and O–H groups in total. The quantitative estimate of drug-likeness (QED) is 0.168. The summed E-state index contributed by atoms with van der Waals surface area (Å²) in [5.41, 5.74) is 2.25. The third kappa shape index (κ3) is 6.87. The molecule has 50 heavy (non-hydrogen) atoms. The van der Waals surface area contributed by atoms with E-state index >= 15 is 0 Å². The molecule has 1 unspecified atom stereocenters. The Kier molecular flexibility index (Phi) is 9.66. The van der Waals surface area contributed by atoms with Crippen LogP contribution in [0, 0.1) is 17.6 Å². The summed E-state index contributed by atoms with van der Waals surface area (Å²) < 4.78 is 45.9. The highest BCUT2D eigenvalue weighted by Crippen LogP contribution is 2.42. The van der Waals surface area contributed by atoms with E-state index in [-0.39, 0.29) is 24.2 Å². The number of ether oxygens (including phenoxy) is 2. The summed E-state index contributed by atoms with van der Waals surface area (Å²) in [5.74, 6) is -0.527. The zero-order valence-corrected chi connectivity index (χ0v) is 28.4. The van der Waals surface area contributed by atoms with E-state index in [1.165, 1.54) is 18.5 Å². The van der Waals surface area contributed by atoms with Crippen molar-refractivity contribution in [3.63, 3.8) is 0 Å². The van der Waals surface area contributed by atoms with Gasteiger partial charge in [0.25, 0.3) is 0 Å². The molecule has 262 valence electrons. The lowest BCUT2D eigenvalue weighted by Crippen LogP contribution is -2.46. The fourth-order valence-corrected chi connectivity index (χ4v) is 7.18. The number of anilines is 2. The maximum Gasteiger partial charge on any atom is 0.350 e. The van der Waals surface area contributed by atoms with Gasteiger partial charge < -0.3 is 19.3 Å². The molecule has 2 fully saturated rings. The summed E-state index contributed by atoms with van der Waals surface area (Å²) >= 11 is 0. The fourth-order valence-electron chi connectivity index (χ4n) is 7.18. The van der Waals surface area contributed by atoms with Gasteiger partial charge in [-0.1, -0.05) is 19.9 Å². The molecular weight excluding hydrogens is 642 g/mol. The molecule has 5 aromatic rings. The van der Waals surface area contributed by atoms with Crippen molar-refractivity contribution < 1.29 is 18.3 Å². The number of aromatic nitrogens is 6. The van der Waals surface area contributed by atoms with Crippen molar-refractivity contribution in [2.45, 2.75) is 51.3 Å². The van der Waals surface area contributed by atoms with E-state index in [0.29, 0.717) is 25.2 Å². The van der Waals surface area contributed by atoms with Crippen LogP contribution >= 0.6 is 0 Å². The van der Waals surface area contributed by atoms with Crippen molar-refractivity contribution in [2.75, 3.05) is 49.2 Å². The third-order valence-electron chi connectivity index (χ3n) is 9.96. The van der Waals surface area contributed by atoms with Crippen LogP contribution in [0.3, 0.4) is 0 Å². The van der Waals surface area contributed by atoms with Crippen LogP contribution in [-0.2, 0) is 16.9 Å². The number of nitrogens with zero attached hydrogens (tertiary/aromatic N) is 8. The van der Waals surface area contributed by atoms with Crippen molar-refractivity contribution in [1.82, 2.24) is 29.1 Å². The molecule has 0 amide bonds. The molecule has 3 aromatic carbocycles. The summed E-state index contributed by atoms with van der Waals surface area (Å²) in [7, 11) is 0. The zero-order chi connectivity index (χ0) is 34.7. The molecule has 2 aliphatic rings. The number of halogens is 2. The van der Waals surface area contributed by atoms with Crippen molar-refractivity contribution in [3.8, 4) is 11.4 Å². The van der Waals surface area contributed by atoms with Crippen LogP contribution in [-0.4, -0.2) is 68.5 Å². The predicted octanol–water partition coefficient (Wildman–Crippen LogP) is 5.60. The highest BCUT2D eigenvalue weighted by molar-refractivity contribution is 5.54. The molecule has 7 rings (SSSR count). The Morgan fingerprint density at radius 3 is 2.16 bits per heavy atom. The average Bonchev–Trinajstić information content (AvgIpc) is 3.90. The topological polar surface area (TPSA) is 95.5 Å². The Morgan fingerprint density at radius 1 is 0.880 bits per heavy atom. The van der Waals surface area contributed by atoms with E-state index < -0.39 is 17.2 Å². The van der Waals surface area contributed by atoms with Gasteiger partial charge in [-0.05, 0) is 73.9 Å². The zero-order valence-electron chi connectivity index (χ0n) is 28.4. The van der Waals surface area contributed by atoms with Crippen LogP contribution in [0.15, 0.2) is 90.5 Å².